The van der Waals surface area contributed by atoms with Crippen molar-refractivity contribution in [1.29, 1.82) is 0 Å². The molecule has 0 aromatic carbocycles. The molecule has 0 aromatic heterocycles. The predicted octanol–water partition coefficient (Wildman–Crippen LogP) is -1.98. The molecular formula is C17H31N5O6S2. The predicted molar refractivity (Wildman–Crippen MR) is 117 cm³/mol. The molecule has 0 aromatic rings. The van der Waals surface area contributed by atoms with Crippen molar-refractivity contribution in [2.45, 2.75) is 57.3 Å². The minimum absolute atomic E-state index is 0.0316. The maximum Gasteiger partial charge on any atom is 0.326 e. The van der Waals surface area contributed by atoms with Crippen molar-refractivity contribution in [2.24, 2.45) is 17.4 Å². The fraction of sp³-hybridized carbons (Fsp3) is 0.706. The molecule has 11 nitrogen and oxygen atoms in total. The average Bonchev–Trinajstić information content (AvgIpc) is 2.70. The molecule has 0 bridgehead atoms. The van der Waals surface area contributed by atoms with Crippen LogP contribution in [-0.4, -0.2) is 70.4 Å². The van der Waals surface area contributed by atoms with Crippen LogP contribution in [0.4, 0.5) is 0 Å². The number of primary amides is 1. The van der Waals surface area contributed by atoms with E-state index in [1.807, 2.05) is 0 Å². The van der Waals surface area contributed by atoms with Crippen LogP contribution in [0.5, 0.6) is 0 Å². The summed E-state index contributed by atoms with van der Waals surface area (Å²) in [6, 6.07) is -4.47. The number of aliphatic carboxylic acids is 1. The summed E-state index contributed by atoms with van der Waals surface area (Å²) in [6.07, 6.45) is 0.209. The molecule has 8 N–H and O–H groups in total. The first-order valence-electron chi connectivity index (χ1n) is 9.37. The van der Waals surface area contributed by atoms with Gasteiger partial charge in [0.15, 0.2) is 0 Å². The molecule has 0 fully saturated rings. The van der Waals surface area contributed by atoms with E-state index in [1.165, 1.54) is 0 Å². The van der Waals surface area contributed by atoms with Gasteiger partial charge in [-0.05, 0) is 12.3 Å². The van der Waals surface area contributed by atoms with Gasteiger partial charge in [-0.3, -0.25) is 19.2 Å². The Hall–Kier alpha value is -1.99. The Labute approximate surface area is 186 Å². The van der Waals surface area contributed by atoms with Gasteiger partial charge in [-0.25, -0.2) is 4.79 Å². The zero-order chi connectivity index (χ0) is 23.4. The average molecular weight is 466 g/mol. The van der Waals surface area contributed by atoms with Gasteiger partial charge in [0.2, 0.25) is 23.6 Å². The summed E-state index contributed by atoms with van der Waals surface area (Å²) in [5, 5.41) is 16.5. The number of carbonyl (C=O) groups excluding carboxylic acids is 4. The molecular weight excluding hydrogens is 434 g/mol. The van der Waals surface area contributed by atoms with Gasteiger partial charge in [0.05, 0.1) is 6.04 Å². The second-order valence-corrected chi connectivity index (χ2v) is 7.54. The van der Waals surface area contributed by atoms with Crippen molar-refractivity contribution in [3.63, 3.8) is 0 Å². The third kappa shape index (κ3) is 9.67. The van der Waals surface area contributed by atoms with Gasteiger partial charge in [-0.2, -0.15) is 25.3 Å². The number of amides is 4. The standard InChI is InChI=1S/C17H31N5O6S2/c1-3-8(2)13(17(27)28)22-16(26)11(7-30)21-15(25)10(4-5-12(19)23)20-14(24)9(18)6-29/h8-11,13,29-30H,3-7,18H2,1-2H3,(H2,19,23)(H,20,24)(H,21,25)(H,22,26)(H,27,28). The van der Waals surface area contributed by atoms with E-state index in [2.05, 4.69) is 41.2 Å². The molecule has 0 spiro atoms. The number of nitrogens with one attached hydrogen (secondary N) is 3. The van der Waals surface area contributed by atoms with E-state index in [0.717, 1.165) is 0 Å². The number of carbonyl (C=O) groups is 5. The van der Waals surface area contributed by atoms with Crippen LogP contribution >= 0.6 is 25.3 Å². The second kappa shape index (κ2) is 14.1. The number of thiol groups is 2. The quantitative estimate of drug-likeness (QED) is 0.136. The van der Waals surface area contributed by atoms with Crippen LogP contribution in [0.25, 0.3) is 0 Å². The number of hydrogen-bond donors (Lipinski definition) is 8. The third-order valence-electron chi connectivity index (χ3n) is 4.44. The van der Waals surface area contributed by atoms with Crippen LogP contribution in [0, 0.1) is 5.92 Å². The number of carboxylic acids is 1. The van der Waals surface area contributed by atoms with Crippen LogP contribution in [0.2, 0.25) is 0 Å². The number of rotatable bonds is 14. The molecule has 5 atom stereocenters. The molecule has 172 valence electrons. The van der Waals surface area contributed by atoms with Crippen molar-refractivity contribution in [2.75, 3.05) is 11.5 Å². The lowest BCUT2D eigenvalue weighted by Crippen LogP contribution is -2.58. The summed E-state index contributed by atoms with van der Waals surface area (Å²) >= 11 is 7.95. The summed E-state index contributed by atoms with van der Waals surface area (Å²) in [7, 11) is 0. The summed E-state index contributed by atoms with van der Waals surface area (Å²) in [5.41, 5.74) is 10.7. The largest absolute Gasteiger partial charge is 0.480 e. The summed E-state index contributed by atoms with van der Waals surface area (Å²) in [5.74, 6) is -4.48. The van der Waals surface area contributed by atoms with Crippen molar-refractivity contribution < 1.29 is 29.1 Å². The molecule has 0 saturated carbocycles. The molecule has 0 aliphatic carbocycles. The monoisotopic (exact) mass is 465 g/mol. The SMILES string of the molecule is CCC(C)C(NC(=O)C(CS)NC(=O)C(CCC(N)=O)NC(=O)C(N)CS)C(=O)O. The summed E-state index contributed by atoms with van der Waals surface area (Å²) in [4.78, 5) is 59.6. The van der Waals surface area contributed by atoms with E-state index in [0.29, 0.717) is 6.42 Å². The number of nitrogens with two attached hydrogens (primary N) is 2. The molecule has 5 unspecified atom stereocenters. The van der Waals surface area contributed by atoms with Gasteiger partial charge in [0.1, 0.15) is 18.1 Å². The normalized spacial score (nSPS) is 15.8. The zero-order valence-electron chi connectivity index (χ0n) is 17.0. The molecule has 0 radical (unpaired) electrons. The fourth-order valence-corrected chi connectivity index (χ4v) is 2.74. The second-order valence-electron chi connectivity index (χ2n) is 6.81. The molecule has 0 heterocycles. The molecule has 0 saturated heterocycles. The lowest BCUT2D eigenvalue weighted by atomic mass is 9.99. The lowest BCUT2D eigenvalue weighted by molar-refractivity contribution is -0.143. The van der Waals surface area contributed by atoms with Gasteiger partial charge in [-0.15, -0.1) is 0 Å². The van der Waals surface area contributed by atoms with Gasteiger partial charge in [-0.1, -0.05) is 20.3 Å². The third-order valence-corrected chi connectivity index (χ3v) is 5.20. The van der Waals surface area contributed by atoms with E-state index in [4.69, 9.17) is 11.5 Å². The Morgan fingerprint density at radius 3 is 1.90 bits per heavy atom. The van der Waals surface area contributed by atoms with E-state index in [1.54, 1.807) is 13.8 Å². The Kier molecular flexibility index (Phi) is 13.2. The first kappa shape index (κ1) is 28.0. The van der Waals surface area contributed by atoms with Crippen LogP contribution in [0.3, 0.4) is 0 Å². The summed E-state index contributed by atoms with van der Waals surface area (Å²) < 4.78 is 0. The highest BCUT2D eigenvalue weighted by Crippen LogP contribution is 2.09. The Balaban J connectivity index is 5.28. The van der Waals surface area contributed by atoms with Gasteiger partial charge in [0.25, 0.3) is 0 Å². The van der Waals surface area contributed by atoms with E-state index >= 15 is 0 Å². The highest BCUT2D eigenvalue weighted by molar-refractivity contribution is 7.80. The highest BCUT2D eigenvalue weighted by atomic mass is 32.1. The van der Waals surface area contributed by atoms with Gasteiger partial charge < -0.3 is 32.5 Å². The molecule has 0 rings (SSSR count). The molecule has 0 aliphatic rings. The Bertz CT molecular complexity index is 636. The maximum atomic E-state index is 12.6. The number of hydrogen-bond acceptors (Lipinski definition) is 8. The van der Waals surface area contributed by atoms with Gasteiger partial charge in [0, 0.05) is 17.9 Å². The van der Waals surface area contributed by atoms with Crippen LogP contribution in [-0.2, 0) is 24.0 Å². The first-order valence-corrected chi connectivity index (χ1v) is 10.6. The van der Waals surface area contributed by atoms with Gasteiger partial charge >= 0.3 is 5.97 Å². The van der Waals surface area contributed by atoms with Crippen molar-refractivity contribution in [1.82, 2.24) is 16.0 Å². The van der Waals surface area contributed by atoms with Crippen LogP contribution in [0.15, 0.2) is 0 Å². The van der Waals surface area contributed by atoms with Crippen molar-refractivity contribution in [3.05, 3.63) is 0 Å². The molecule has 4 amide bonds. The smallest absolute Gasteiger partial charge is 0.326 e. The highest BCUT2D eigenvalue weighted by Gasteiger charge is 2.31. The van der Waals surface area contributed by atoms with Crippen LogP contribution in [0.1, 0.15) is 33.1 Å². The number of carboxylic acid groups (broad SMARTS) is 1. The van der Waals surface area contributed by atoms with E-state index < -0.39 is 53.8 Å². The van der Waals surface area contributed by atoms with Crippen molar-refractivity contribution >= 4 is 54.9 Å². The lowest BCUT2D eigenvalue weighted by Gasteiger charge is -2.25. The van der Waals surface area contributed by atoms with Crippen molar-refractivity contribution in [3.8, 4) is 0 Å². The zero-order valence-corrected chi connectivity index (χ0v) is 18.7. The molecule has 0 aliphatic heterocycles. The maximum absolute atomic E-state index is 12.6. The first-order chi connectivity index (χ1) is 14.0. The summed E-state index contributed by atoms with van der Waals surface area (Å²) in [6.45, 7) is 3.46. The molecule has 13 heteroatoms. The Morgan fingerprint density at radius 1 is 0.933 bits per heavy atom. The minimum atomic E-state index is -1.20. The minimum Gasteiger partial charge on any atom is -0.480 e. The molecule has 30 heavy (non-hydrogen) atoms. The fourth-order valence-electron chi connectivity index (χ4n) is 2.32. The van der Waals surface area contributed by atoms with E-state index in [-0.39, 0.29) is 30.3 Å². The Morgan fingerprint density at radius 2 is 1.47 bits per heavy atom. The van der Waals surface area contributed by atoms with E-state index in [9.17, 15) is 29.1 Å². The van der Waals surface area contributed by atoms with Crippen LogP contribution < -0.4 is 27.4 Å². The topological polar surface area (TPSA) is 194 Å².